The summed E-state index contributed by atoms with van der Waals surface area (Å²) in [6.07, 6.45) is 8.93. The van der Waals surface area contributed by atoms with E-state index in [4.69, 9.17) is 18.9 Å². The maximum Gasteiger partial charge on any atom is 0.205 e. The van der Waals surface area contributed by atoms with Gasteiger partial charge in [0, 0.05) is 42.6 Å². The van der Waals surface area contributed by atoms with Crippen molar-refractivity contribution in [1.82, 2.24) is 4.90 Å². The van der Waals surface area contributed by atoms with Crippen molar-refractivity contribution in [3.8, 4) is 23.3 Å². The van der Waals surface area contributed by atoms with Crippen molar-refractivity contribution in [2.24, 2.45) is 23.2 Å². The number of halogens is 1. The summed E-state index contributed by atoms with van der Waals surface area (Å²) in [4.78, 5) is 16.2. The van der Waals surface area contributed by atoms with Crippen LogP contribution in [-0.2, 0) is 14.3 Å². The van der Waals surface area contributed by atoms with E-state index in [9.17, 15) is 4.79 Å². The highest BCUT2D eigenvalue weighted by atomic mass is 79.9. The van der Waals surface area contributed by atoms with E-state index in [2.05, 4.69) is 76.7 Å². The van der Waals surface area contributed by atoms with Crippen LogP contribution in [0.15, 0.2) is 52.6 Å². The van der Waals surface area contributed by atoms with Crippen LogP contribution < -0.4 is 9.47 Å². The number of ketones is 1. The number of rotatable bonds is 5. The fraction of sp³-hybridized carbons (Fsp3) is 0.483. The lowest BCUT2D eigenvalue weighted by Crippen LogP contribution is -2.63. The summed E-state index contributed by atoms with van der Waals surface area (Å²) in [5.74, 6) is 9.13. The second-order valence-corrected chi connectivity index (χ2v) is 17.5. The van der Waals surface area contributed by atoms with Crippen LogP contribution in [0, 0.1) is 35.0 Å². The normalized spacial score (nSPS) is 33.2. The molecule has 0 aromatic heterocycles. The molecule has 6 nitrogen and oxygen atoms in total. The molecule has 2 bridgehead atoms. The van der Waals surface area contributed by atoms with Crippen LogP contribution in [0.25, 0.3) is 0 Å². The highest BCUT2D eigenvalue weighted by Gasteiger charge is 2.78. The predicted molar refractivity (Wildman–Crippen MR) is 149 cm³/mol. The Kier molecular flexibility index (Phi) is 6.12. The molecule has 1 spiro atoms. The van der Waals surface area contributed by atoms with Crippen molar-refractivity contribution < 1.29 is 23.7 Å². The Morgan fingerprint density at radius 3 is 2.27 bits per heavy atom. The van der Waals surface area contributed by atoms with Gasteiger partial charge in [-0.2, -0.15) is 0 Å². The number of likely N-dealkylation sites (N-methyl/N-ethyl adjacent to an activating group) is 1. The summed E-state index contributed by atoms with van der Waals surface area (Å²) < 4.78 is 23.6. The molecule has 1 unspecified atom stereocenters. The third-order valence-electron chi connectivity index (χ3n) is 8.82. The number of carbonyl (C=O) groups is 1. The summed E-state index contributed by atoms with van der Waals surface area (Å²) in [5.41, 5.74) is -0.306. The molecule has 196 valence electrons. The average molecular weight is 585 g/mol. The molecule has 6 atom stereocenters. The molecular weight excluding hydrogens is 550 g/mol. The van der Waals surface area contributed by atoms with Crippen LogP contribution in [0.2, 0.25) is 25.2 Å². The van der Waals surface area contributed by atoms with E-state index in [1.807, 2.05) is 19.2 Å². The number of benzene rings is 1. The second kappa shape index (κ2) is 8.71. The van der Waals surface area contributed by atoms with E-state index in [0.717, 1.165) is 10.0 Å². The first-order valence-corrected chi connectivity index (χ1v) is 16.8. The summed E-state index contributed by atoms with van der Waals surface area (Å²) in [7, 11) is 6.73. The van der Waals surface area contributed by atoms with Crippen LogP contribution in [-0.4, -0.2) is 59.8 Å². The molecule has 1 aromatic carbocycles. The molecule has 1 heterocycles. The molecule has 37 heavy (non-hydrogen) atoms. The minimum atomic E-state index is -1.66. The van der Waals surface area contributed by atoms with Crippen LogP contribution in [0.3, 0.4) is 0 Å². The van der Waals surface area contributed by atoms with Gasteiger partial charge in [-0.15, -0.1) is 0 Å². The van der Waals surface area contributed by atoms with E-state index in [1.165, 1.54) is 0 Å². The molecule has 0 amide bonds. The molecule has 0 radical (unpaired) electrons. The average Bonchev–Trinajstić information content (AvgIpc) is 3.51. The van der Waals surface area contributed by atoms with Crippen LogP contribution >= 0.6 is 15.9 Å². The third kappa shape index (κ3) is 3.19. The van der Waals surface area contributed by atoms with Gasteiger partial charge in [-0.3, -0.25) is 4.79 Å². The van der Waals surface area contributed by atoms with Crippen LogP contribution in [0.4, 0.5) is 0 Å². The van der Waals surface area contributed by atoms with Crippen LogP contribution in [0.5, 0.6) is 11.5 Å². The number of allylic oxidation sites excluding steroid dienone is 3. The van der Waals surface area contributed by atoms with Gasteiger partial charge in [-0.25, -0.2) is 0 Å². The lowest BCUT2D eigenvalue weighted by molar-refractivity contribution is -0.132. The van der Waals surface area contributed by atoms with Crippen molar-refractivity contribution in [1.29, 1.82) is 0 Å². The van der Waals surface area contributed by atoms with Crippen molar-refractivity contribution in [3.63, 3.8) is 0 Å². The molecular formula is C29H34BrNO5Si. The molecule has 1 aromatic rings. The largest absolute Gasteiger partial charge is 0.494 e. The number of fused-ring (bicyclic) bond motifs is 3. The quantitative estimate of drug-likeness (QED) is 0.269. The van der Waals surface area contributed by atoms with Crippen LogP contribution in [0.1, 0.15) is 5.56 Å². The fourth-order valence-electron chi connectivity index (χ4n) is 7.56. The number of Topliss-reactive ketones (excluding diaryl/α,β-unsaturated/α-hetero) is 1. The first-order chi connectivity index (χ1) is 17.5. The SMILES string of the molecule is COC1=C(OC)[C@@]2(C#Cc3cc(OC)c(OC)cc3Br)N(C)C=C[C@@]23C(C1=O)[C@H]1C=C[C@@H]3[C@@H]1[Si](C)(C)C. The first-order valence-electron chi connectivity index (χ1n) is 12.5. The summed E-state index contributed by atoms with van der Waals surface area (Å²) in [6.45, 7) is 7.21. The minimum absolute atomic E-state index is 0.0177. The molecule has 0 saturated heterocycles. The maximum atomic E-state index is 14.1. The maximum absolute atomic E-state index is 14.1. The van der Waals surface area contributed by atoms with Gasteiger partial charge in [0.25, 0.3) is 0 Å². The van der Waals surface area contributed by atoms with Crippen molar-refractivity contribution in [2.45, 2.75) is 30.7 Å². The molecule has 8 heteroatoms. The number of hydrogen-bond donors (Lipinski definition) is 0. The number of carbonyl (C=O) groups excluding carboxylic acids is 1. The molecule has 1 saturated carbocycles. The first kappa shape index (κ1) is 26.0. The zero-order valence-corrected chi connectivity index (χ0v) is 25.2. The van der Waals surface area contributed by atoms with E-state index in [0.29, 0.717) is 22.8 Å². The Bertz CT molecular complexity index is 1320. The van der Waals surface area contributed by atoms with Crippen molar-refractivity contribution >= 4 is 29.8 Å². The van der Waals surface area contributed by atoms with Gasteiger partial charge in [-0.05, 0) is 45.6 Å². The Hall–Kier alpha value is -2.63. The highest BCUT2D eigenvalue weighted by Crippen LogP contribution is 2.74. The molecule has 1 fully saturated rings. The van der Waals surface area contributed by atoms with Gasteiger partial charge < -0.3 is 23.8 Å². The number of methoxy groups -OCH3 is 4. The Balaban J connectivity index is 1.80. The standard InChI is InChI=1S/C29H34BrNO5Si/c1-31-14-13-28-19-10-9-18(26(19)37(6,7)8)23(28)24(32)25(35-4)27(36-5)29(28,31)12-11-17-15-21(33-2)22(34-3)16-20(17)30/h9-10,13-16,18-19,23,26H,1-8H3/t18-,19-,23?,26-,28-,29-/m1/s1. The summed E-state index contributed by atoms with van der Waals surface area (Å²) in [6, 6.07) is 3.72. The van der Waals surface area contributed by atoms with E-state index < -0.39 is 19.0 Å². The molecule has 0 N–H and O–H groups in total. The Morgan fingerprint density at radius 2 is 1.68 bits per heavy atom. The molecule has 3 aliphatic carbocycles. The number of hydrogen-bond acceptors (Lipinski definition) is 6. The smallest absolute Gasteiger partial charge is 0.205 e. The Labute approximate surface area is 228 Å². The van der Waals surface area contributed by atoms with E-state index in [1.54, 1.807) is 28.4 Å². The van der Waals surface area contributed by atoms with Crippen molar-refractivity contribution in [3.05, 3.63) is 58.1 Å². The monoisotopic (exact) mass is 583 g/mol. The number of ether oxygens (including phenoxy) is 4. The highest BCUT2D eigenvalue weighted by molar-refractivity contribution is 9.10. The van der Waals surface area contributed by atoms with Gasteiger partial charge in [0.2, 0.25) is 11.5 Å². The Morgan fingerprint density at radius 1 is 1.00 bits per heavy atom. The lowest BCUT2D eigenvalue weighted by Gasteiger charge is -2.53. The van der Waals surface area contributed by atoms with E-state index in [-0.39, 0.29) is 29.3 Å². The number of nitrogens with zero attached hydrogens (tertiary/aromatic N) is 1. The van der Waals surface area contributed by atoms with Gasteiger partial charge >= 0.3 is 0 Å². The lowest BCUT2D eigenvalue weighted by atomic mass is 9.53. The zero-order valence-electron chi connectivity index (χ0n) is 22.6. The van der Waals surface area contributed by atoms with Gasteiger partial charge in [0.15, 0.2) is 22.8 Å². The van der Waals surface area contributed by atoms with Gasteiger partial charge in [-0.1, -0.05) is 49.7 Å². The fourth-order valence-corrected chi connectivity index (χ4v) is 10.9. The predicted octanol–water partition coefficient (Wildman–Crippen LogP) is 5.23. The molecule has 4 aliphatic rings. The van der Waals surface area contributed by atoms with Crippen molar-refractivity contribution in [2.75, 3.05) is 35.5 Å². The second-order valence-electron chi connectivity index (χ2n) is 11.3. The summed E-state index contributed by atoms with van der Waals surface area (Å²) >= 11 is 3.66. The van der Waals surface area contributed by atoms with E-state index >= 15 is 0 Å². The van der Waals surface area contributed by atoms with Gasteiger partial charge in [0.1, 0.15) is 0 Å². The molecule has 5 rings (SSSR count). The zero-order chi connectivity index (χ0) is 26.9. The van der Waals surface area contributed by atoms with Gasteiger partial charge in [0.05, 0.1) is 28.4 Å². The third-order valence-corrected chi connectivity index (χ3v) is 12.2. The minimum Gasteiger partial charge on any atom is -0.494 e. The topological polar surface area (TPSA) is 57.2 Å². The molecule has 1 aliphatic heterocycles. The summed E-state index contributed by atoms with van der Waals surface area (Å²) in [5, 5.41) is 0.